The van der Waals surface area contributed by atoms with Crippen LogP contribution in [-0.4, -0.2) is 31.4 Å². The fraction of sp³-hybridized carbons (Fsp3) is 0.600. The second kappa shape index (κ2) is 12.5. The number of carbonyl (C=O) groups excluding carboxylic acids is 2. The number of hydrogen-bond acceptors (Lipinski definition) is 5. The van der Waals surface area contributed by atoms with Crippen molar-refractivity contribution in [3.05, 3.63) is 24.3 Å². The van der Waals surface area contributed by atoms with Gasteiger partial charge in [0.2, 0.25) is 5.91 Å². The summed E-state index contributed by atoms with van der Waals surface area (Å²) in [7, 11) is -4.26. The SMILES string of the molecule is CCCCC(CC)C(=O)NCCCCCC(=O)Oc1ccc(S(=O)(=O)O)cc1. The average molecular weight is 414 g/mol. The number of rotatable bonds is 13. The molecule has 28 heavy (non-hydrogen) atoms. The van der Waals surface area contributed by atoms with Crippen LogP contribution in [0.2, 0.25) is 0 Å². The van der Waals surface area contributed by atoms with E-state index in [1.807, 2.05) is 6.92 Å². The molecule has 1 aromatic carbocycles. The van der Waals surface area contributed by atoms with E-state index in [9.17, 15) is 18.0 Å². The minimum atomic E-state index is -4.26. The molecule has 0 bridgehead atoms. The summed E-state index contributed by atoms with van der Waals surface area (Å²) in [4.78, 5) is 23.6. The second-order valence-corrected chi connectivity index (χ2v) is 8.19. The van der Waals surface area contributed by atoms with Crippen molar-refractivity contribution in [1.82, 2.24) is 5.32 Å². The van der Waals surface area contributed by atoms with Gasteiger partial charge in [0.1, 0.15) is 5.75 Å². The van der Waals surface area contributed by atoms with Crippen LogP contribution in [0.5, 0.6) is 5.75 Å². The number of amides is 1. The van der Waals surface area contributed by atoms with E-state index in [1.54, 1.807) is 0 Å². The Hall–Kier alpha value is -1.93. The normalized spacial score (nSPS) is 12.4. The van der Waals surface area contributed by atoms with Crippen molar-refractivity contribution < 1.29 is 27.3 Å². The van der Waals surface area contributed by atoms with Crippen LogP contribution in [0.4, 0.5) is 0 Å². The Morgan fingerprint density at radius 3 is 2.32 bits per heavy atom. The fourth-order valence-electron chi connectivity index (χ4n) is 2.76. The predicted octanol–water partition coefficient (Wildman–Crippen LogP) is 3.73. The first-order valence-corrected chi connectivity index (χ1v) is 11.3. The van der Waals surface area contributed by atoms with E-state index in [2.05, 4.69) is 12.2 Å². The van der Waals surface area contributed by atoms with E-state index < -0.39 is 16.1 Å². The van der Waals surface area contributed by atoms with Gasteiger partial charge in [0, 0.05) is 18.9 Å². The summed E-state index contributed by atoms with van der Waals surface area (Å²) in [6.07, 6.45) is 6.40. The van der Waals surface area contributed by atoms with Gasteiger partial charge in [0.25, 0.3) is 10.1 Å². The first kappa shape index (κ1) is 24.1. The largest absolute Gasteiger partial charge is 0.427 e. The standard InChI is InChI=1S/C20H31NO6S/c1-3-5-9-16(4-2)20(23)21-15-8-6-7-10-19(22)27-17-11-13-18(14-12-17)28(24,25)26/h11-14,16H,3-10,15H2,1-2H3,(H,21,23)(H,24,25,26). The highest BCUT2D eigenvalue weighted by atomic mass is 32.2. The van der Waals surface area contributed by atoms with Crippen molar-refractivity contribution in [2.24, 2.45) is 5.92 Å². The molecule has 8 heteroatoms. The molecule has 7 nitrogen and oxygen atoms in total. The number of nitrogens with one attached hydrogen (secondary N) is 1. The van der Waals surface area contributed by atoms with Crippen LogP contribution in [-0.2, 0) is 19.7 Å². The Morgan fingerprint density at radius 2 is 1.75 bits per heavy atom. The quantitative estimate of drug-likeness (QED) is 0.221. The highest BCUT2D eigenvalue weighted by molar-refractivity contribution is 7.85. The molecule has 0 radical (unpaired) electrons. The minimum absolute atomic E-state index is 0.0853. The van der Waals surface area contributed by atoms with Gasteiger partial charge in [0.05, 0.1) is 4.90 Å². The Balaban J connectivity index is 2.20. The third-order valence-electron chi connectivity index (χ3n) is 4.48. The molecular weight excluding hydrogens is 382 g/mol. The number of unbranched alkanes of at least 4 members (excludes halogenated alkanes) is 3. The topological polar surface area (TPSA) is 110 Å². The summed E-state index contributed by atoms with van der Waals surface area (Å²) >= 11 is 0. The van der Waals surface area contributed by atoms with Crippen LogP contribution < -0.4 is 10.1 Å². The van der Waals surface area contributed by atoms with Crippen LogP contribution in [0.3, 0.4) is 0 Å². The predicted molar refractivity (Wildman–Crippen MR) is 107 cm³/mol. The van der Waals surface area contributed by atoms with Crippen LogP contribution in [0.1, 0.15) is 65.2 Å². The van der Waals surface area contributed by atoms with E-state index in [4.69, 9.17) is 9.29 Å². The van der Waals surface area contributed by atoms with Gasteiger partial charge in [-0.1, -0.05) is 33.1 Å². The van der Waals surface area contributed by atoms with Crippen molar-refractivity contribution in [2.75, 3.05) is 6.54 Å². The van der Waals surface area contributed by atoms with Gasteiger partial charge in [-0.25, -0.2) is 0 Å². The zero-order valence-electron chi connectivity index (χ0n) is 16.6. The molecule has 158 valence electrons. The van der Waals surface area contributed by atoms with Gasteiger partial charge in [-0.15, -0.1) is 0 Å². The Kier molecular flexibility index (Phi) is 10.8. The summed E-state index contributed by atoms with van der Waals surface area (Å²) in [5.41, 5.74) is 0. The minimum Gasteiger partial charge on any atom is -0.427 e. The molecule has 1 rings (SSSR count). The van der Waals surface area contributed by atoms with Crippen molar-refractivity contribution in [3.8, 4) is 5.75 Å². The fourth-order valence-corrected chi connectivity index (χ4v) is 3.24. The molecule has 1 atom stereocenters. The zero-order valence-corrected chi connectivity index (χ0v) is 17.5. The molecule has 1 aromatic rings. The number of benzene rings is 1. The first-order chi connectivity index (χ1) is 13.3. The highest BCUT2D eigenvalue weighted by Gasteiger charge is 2.15. The van der Waals surface area contributed by atoms with Crippen molar-refractivity contribution in [2.45, 2.75) is 70.1 Å². The summed E-state index contributed by atoms with van der Waals surface area (Å²) in [5, 5.41) is 2.96. The van der Waals surface area contributed by atoms with E-state index >= 15 is 0 Å². The van der Waals surface area contributed by atoms with Crippen LogP contribution in [0, 0.1) is 5.92 Å². The Morgan fingerprint density at radius 1 is 1.07 bits per heavy atom. The third-order valence-corrected chi connectivity index (χ3v) is 5.35. The molecule has 0 saturated heterocycles. The maximum atomic E-state index is 12.1. The molecule has 0 aliphatic heterocycles. The van der Waals surface area contributed by atoms with Gasteiger partial charge in [0.15, 0.2) is 0 Å². The van der Waals surface area contributed by atoms with Crippen molar-refractivity contribution in [3.63, 3.8) is 0 Å². The first-order valence-electron chi connectivity index (χ1n) is 9.83. The molecule has 1 unspecified atom stereocenters. The molecule has 0 aromatic heterocycles. The van der Waals surface area contributed by atoms with E-state index in [0.29, 0.717) is 13.0 Å². The van der Waals surface area contributed by atoms with E-state index in [-0.39, 0.29) is 28.9 Å². The average Bonchev–Trinajstić information content (AvgIpc) is 2.64. The molecule has 0 heterocycles. The molecule has 0 saturated carbocycles. The summed E-state index contributed by atoms with van der Waals surface area (Å²) in [6, 6.07) is 4.98. The summed E-state index contributed by atoms with van der Waals surface area (Å²) in [5.74, 6) is 0.0161. The van der Waals surface area contributed by atoms with Gasteiger partial charge in [-0.05, 0) is 49.9 Å². The van der Waals surface area contributed by atoms with Gasteiger partial charge < -0.3 is 10.1 Å². The molecule has 0 spiro atoms. The lowest BCUT2D eigenvalue weighted by atomic mass is 9.98. The van der Waals surface area contributed by atoms with Crippen molar-refractivity contribution >= 4 is 22.0 Å². The molecule has 0 aliphatic rings. The third kappa shape index (κ3) is 9.32. The smallest absolute Gasteiger partial charge is 0.311 e. The zero-order chi connectivity index (χ0) is 21.0. The molecule has 0 aliphatic carbocycles. The van der Waals surface area contributed by atoms with Crippen LogP contribution in [0.25, 0.3) is 0 Å². The molecular formula is C20H31NO6S. The Labute approximate surface area is 167 Å². The van der Waals surface area contributed by atoms with Gasteiger partial charge in [-0.3, -0.25) is 14.1 Å². The Bertz CT molecular complexity index is 715. The van der Waals surface area contributed by atoms with E-state index in [1.165, 1.54) is 24.3 Å². The monoisotopic (exact) mass is 413 g/mol. The van der Waals surface area contributed by atoms with Crippen molar-refractivity contribution in [1.29, 1.82) is 0 Å². The number of carbonyl (C=O) groups is 2. The summed E-state index contributed by atoms with van der Waals surface area (Å²) in [6.45, 7) is 4.75. The molecule has 1 amide bonds. The number of ether oxygens (including phenoxy) is 1. The van der Waals surface area contributed by atoms with Crippen LogP contribution in [0.15, 0.2) is 29.2 Å². The lowest BCUT2D eigenvalue weighted by Crippen LogP contribution is -2.31. The molecule has 0 fully saturated rings. The molecule has 2 N–H and O–H groups in total. The highest BCUT2D eigenvalue weighted by Crippen LogP contribution is 2.17. The van der Waals surface area contributed by atoms with Gasteiger partial charge >= 0.3 is 5.97 Å². The van der Waals surface area contributed by atoms with Gasteiger partial charge in [-0.2, -0.15) is 8.42 Å². The number of hydrogen-bond donors (Lipinski definition) is 2. The van der Waals surface area contributed by atoms with Crippen LogP contribution >= 0.6 is 0 Å². The maximum Gasteiger partial charge on any atom is 0.311 e. The second-order valence-electron chi connectivity index (χ2n) is 6.77. The lowest BCUT2D eigenvalue weighted by molar-refractivity contribution is -0.134. The maximum absolute atomic E-state index is 12.1. The lowest BCUT2D eigenvalue weighted by Gasteiger charge is -2.14. The number of esters is 1. The van der Waals surface area contributed by atoms with E-state index in [0.717, 1.165) is 38.5 Å². The summed E-state index contributed by atoms with van der Waals surface area (Å²) < 4.78 is 35.9.